The van der Waals surface area contributed by atoms with Crippen LogP contribution in [0.15, 0.2) is 30.3 Å². The van der Waals surface area contributed by atoms with E-state index >= 15 is 0 Å². The largest absolute Gasteiger partial charge is 0.139 e. The van der Waals surface area contributed by atoms with Crippen LogP contribution in [0.25, 0.3) is 16.2 Å². The molecule has 0 N–H and O–H groups in total. The zero-order chi connectivity index (χ0) is 11.9. The van der Waals surface area contributed by atoms with E-state index in [4.69, 9.17) is 0 Å². The van der Waals surface area contributed by atoms with Gasteiger partial charge in [-0.15, -0.1) is 11.3 Å². The summed E-state index contributed by atoms with van der Waals surface area (Å²) < 4.78 is 1.44. The van der Waals surface area contributed by atoms with Crippen molar-refractivity contribution in [2.75, 3.05) is 0 Å². The normalized spacial score (nSPS) is 22.9. The van der Waals surface area contributed by atoms with Gasteiger partial charge in [0.1, 0.15) is 0 Å². The van der Waals surface area contributed by atoms with Crippen LogP contribution in [0.4, 0.5) is 0 Å². The molecule has 1 aromatic heterocycles. The number of rotatable bonds is 2. The minimum Gasteiger partial charge on any atom is -0.139 e. The van der Waals surface area contributed by atoms with Gasteiger partial charge in [0.25, 0.3) is 0 Å². The van der Waals surface area contributed by atoms with E-state index in [0.29, 0.717) is 5.41 Å². The number of hydrogen-bond acceptors (Lipinski definition) is 1. The summed E-state index contributed by atoms with van der Waals surface area (Å²) in [6, 6.07) is 8.80. The molecule has 0 spiro atoms. The van der Waals surface area contributed by atoms with E-state index in [9.17, 15) is 0 Å². The average Bonchev–Trinajstić information content (AvgIpc) is 2.70. The summed E-state index contributed by atoms with van der Waals surface area (Å²) in [6.45, 7) is 4.71. The second-order valence-electron chi connectivity index (χ2n) is 5.26. The smallest absolute Gasteiger partial charge is 0.0352 e. The molecule has 0 nitrogen and oxygen atoms in total. The van der Waals surface area contributed by atoms with Crippen LogP contribution in [0.3, 0.4) is 0 Å². The summed E-state index contributed by atoms with van der Waals surface area (Å²) >= 11 is 2.00. The quantitative estimate of drug-likeness (QED) is 0.663. The standard InChI is InChI=1S/C16H18S/c1-3-10-16(2)11-6-8-13-12-7-4-5-9-14(12)17-15(13)16/h4-9H,3,10-11H2,1-2H3. The third-order valence-corrected chi connectivity index (χ3v) is 5.33. The van der Waals surface area contributed by atoms with E-state index in [0.717, 1.165) is 0 Å². The molecule has 0 radical (unpaired) electrons. The molecular weight excluding hydrogens is 224 g/mol. The first-order chi connectivity index (χ1) is 8.24. The topological polar surface area (TPSA) is 0 Å². The predicted molar refractivity (Wildman–Crippen MR) is 77.7 cm³/mol. The Morgan fingerprint density at radius 2 is 2.12 bits per heavy atom. The number of hydrogen-bond donors (Lipinski definition) is 0. The molecule has 0 fully saturated rings. The number of allylic oxidation sites excluding steroid dienone is 1. The maximum absolute atomic E-state index is 2.42. The highest BCUT2D eigenvalue weighted by Gasteiger charge is 2.31. The summed E-state index contributed by atoms with van der Waals surface area (Å²) in [5, 5.41) is 1.44. The van der Waals surface area contributed by atoms with Gasteiger partial charge in [-0.2, -0.15) is 0 Å². The molecule has 0 amide bonds. The number of fused-ring (bicyclic) bond motifs is 3. The maximum atomic E-state index is 2.42. The molecule has 1 aliphatic rings. The van der Waals surface area contributed by atoms with Crippen molar-refractivity contribution in [3.63, 3.8) is 0 Å². The van der Waals surface area contributed by atoms with Crippen LogP contribution in [0, 0.1) is 0 Å². The molecule has 1 heteroatoms. The van der Waals surface area contributed by atoms with Gasteiger partial charge in [-0.1, -0.05) is 50.6 Å². The Labute approximate surface area is 107 Å². The summed E-state index contributed by atoms with van der Waals surface area (Å²) in [5.41, 5.74) is 1.84. The Balaban J connectivity index is 2.24. The van der Waals surface area contributed by atoms with Gasteiger partial charge in [-0.05, 0) is 29.9 Å². The van der Waals surface area contributed by atoms with Gasteiger partial charge in [0, 0.05) is 15.0 Å². The van der Waals surface area contributed by atoms with Crippen LogP contribution in [0.1, 0.15) is 43.6 Å². The molecular formula is C16H18S. The summed E-state index contributed by atoms with van der Waals surface area (Å²) in [6.07, 6.45) is 8.43. The van der Waals surface area contributed by atoms with Crippen molar-refractivity contribution in [3.05, 3.63) is 40.8 Å². The average molecular weight is 242 g/mol. The molecule has 3 rings (SSSR count). The van der Waals surface area contributed by atoms with Gasteiger partial charge in [0.15, 0.2) is 0 Å². The monoisotopic (exact) mass is 242 g/mol. The van der Waals surface area contributed by atoms with E-state index in [-0.39, 0.29) is 0 Å². The SMILES string of the molecule is CCCC1(C)CC=Cc2c1sc1ccccc21. The summed E-state index contributed by atoms with van der Waals surface area (Å²) in [4.78, 5) is 1.60. The summed E-state index contributed by atoms with van der Waals surface area (Å²) in [5.74, 6) is 0. The number of benzene rings is 1. The lowest BCUT2D eigenvalue weighted by atomic mass is 9.76. The van der Waals surface area contributed by atoms with Crippen molar-refractivity contribution < 1.29 is 0 Å². The highest BCUT2D eigenvalue weighted by Crippen LogP contribution is 2.46. The molecule has 0 saturated carbocycles. The molecule has 1 unspecified atom stereocenters. The van der Waals surface area contributed by atoms with Gasteiger partial charge in [0.2, 0.25) is 0 Å². The van der Waals surface area contributed by atoms with Crippen LogP contribution in [-0.2, 0) is 5.41 Å². The maximum Gasteiger partial charge on any atom is 0.0352 e. The molecule has 0 aliphatic heterocycles. The second-order valence-corrected chi connectivity index (χ2v) is 6.31. The summed E-state index contributed by atoms with van der Waals surface area (Å²) in [7, 11) is 0. The Morgan fingerprint density at radius 3 is 2.94 bits per heavy atom. The third-order valence-electron chi connectivity index (χ3n) is 3.84. The second kappa shape index (κ2) is 3.99. The highest BCUT2D eigenvalue weighted by molar-refractivity contribution is 7.19. The molecule has 1 heterocycles. The zero-order valence-corrected chi connectivity index (χ0v) is 11.3. The van der Waals surface area contributed by atoms with Gasteiger partial charge in [0.05, 0.1) is 0 Å². The van der Waals surface area contributed by atoms with Crippen molar-refractivity contribution >= 4 is 27.5 Å². The lowest BCUT2D eigenvalue weighted by Gasteiger charge is -2.30. The van der Waals surface area contributed by atoms with Crippen molar-refractivity contribution in [2.24, 2.45) is 0 Å². The minimum absolute atomic E-state index is 0.364. The van der Waals surface area contributed by atoms with Crippen molar-refractivity contribution in [3.8, 4) is 0 Å². The van der Waals surface area contributed by atoms with Crippen LogP contribution < -0.4 is 0 Å². The van der Waals surface area contributed by atoms with Gasteiger partial charge in [-0.3, -0.25) is 0 Å². The molecule has 0 saturated heterocycles. The van der Waals surface area contributed by atoms with E-state index in [1.165, 1.54) is 34.9 Å². The van der Waals surface area contributed by atoms with Gasteiger partial charge in [-0.25, -0.2) is 0 Å². The molecule has 0 bridgehead atoms. The Hall–Kier alpha value is -1.08. The molecule has 88 valence electrons. The third kappa shape index (κ3) is 1.64. The van der Waals surface area contributed by atoms with Crippen LogP contribution >= 0.6 is 11.3 Å². The molecule has 2 aromatic rings. The number of thiophene rings is 1. The Bertz CT molecular complexity index is 576. The van der Waals surface area contributed by atoms with E-state index in [1.54, 1.807) is 4.88 Å². The highest BCUT2D eigenvalue weighted by atomic mass is 32.1. The van der Waals surface area contributed by atoms with Crippen molar-refractivity contribution in [2.45, 2.75) is 38.5 Å². The first-order valence-corrected chi connectivity index (χ1v) is 7.25. The zero-order valence-electron chi connectivity index (χ0n) is 10.5. The molecule has 1 atom stereocenters. The predicted octanol–water partition coefficient (Wildman–Crippen LogP) is 5.38. The van der Waals surface area contributed by atoms with Gasteiger partial charge < -0.3 is 0 Å². The first-order valence-electron chi connectivity index (χ1n) is 6.43. The Kier molecular flexibility index (Phi) is 2.59. The van der Waals surface area contributed by atoms with E-state index in [2.05, 4.69) is 50.3 Å². The molecule has 17 heavy (non-hydrogen) atoms. The lowest BCUT2D eigenvalue weighted by Crippen LogP contribution is -2.22. The fourth-order valence-corrected chi connectivity index (χ4v) is 4.35. The fourth-order valence-electron chi connectivity index (χ4n) is 2.98. The Morgan fingerprint density at radius 1 is 1.29 bits per heavy atom. The van der Waals surface area contributed by atoms with Crippen LogP contribution in [0.2, 0.25) is 0 Å². The van der Waals surface area contributed by atoms with Crippen molar-refractivity contribution in [1.82, 2.24) is 0 Å². The molecule has 1 aromatic carbocycles. The fraction of sp³-hybridized carbons (Fsp3) is 0.375. The molecule has 1 aliphatic carbocycles. The van der Waals surface area contributed by atoms with E-state index in [1.807, 2.05) is 11.3 Å². The first kappa shape index (κ1) is 11.0. The van der Waals surface area contributed by atoms with Crippen LogP contribution in [0.5, 0.6) is 0 Å². The van der Waals surface area contributed by atoms with Crippen molar-refractivity contribution in [1.29, 1.82) is 0 Å². The lowest BCUT2D eigenvalue weighted by molar-refractivity contribution is 0.439. The van der Waals surface area contributed by atoms with Gasteiger partial charge >= 0.3 is 0 Å². The van der Waals surface area contributed by atoms with Crippen LogP contribution in [-0.4, -0.2) is 0 Å². The minimum atomic E-state index is 0.364. The van der Waals surface area contributed by atoms with E-state index < -0.39 is 0 Å².